The molecular weight excluding hydrogens is 444 g/mol. The fraction of sp³-hybridized carbons (Fsp3) is 0.565. The molecule has 0 aromatic heterocycles. The predicted octanol–water partition coefficient (Wildman–Crippen LogP) is -0.806. The molecule has 2 aliphatic heterocycles. The Morgan fingerprint density at radius 1 is 1.06 bits per heavy atom. The molecule has 3 rings (SSSR count). The van der Waals surface area contributed by atoms with Crippen molar-refractivity contribution in [2.45, 2.75) is 69.3 Å². The smallest absolute Gasteiger partial charge is 0.326 e. The van der Waals surface area contributed by atoms with Gasteiger partial charge in [0, 0.05) is 13.1 Å². The monoisotopic (exact) mass is 476 g/mol. The lowest BCUT2D eigenvalue weighted by atomic mass is 10.0. The van der Waals surface area contributed by atoms with Gasteiger partial charge in [0.15, 0.2) is 0 Å². The molecule has 3 amide bonds. The number of aliphatic hydroxyl groups excluding tert-OH is 1. The van der Waals surface area contributed by atoms with Gasteiger partial charge in [-0.2, -0.15) is 0 Å². The van der Waals surface area contributed by atoms with Gasteiger partial charge in [-0.25, -0.2) is 4.79 Å². The molecular formula is C23H32N4O7. The van der Waals surface area contributed by atoms with Crippen LogP contribution < -0.4 is 11.1 Å². The minimum atomic E-state index is -1.30. The molecule has 2 aliphatic rings. The molecule has 0 saturated carbocycles. The first-order chi connectivity index (χ1) is 16.1. The Labute approximate surface area is 197 Å². The van der Waals surface area contributed by atoms with Crippen molar-refractivity contribution < 1.29 is 34.5 Å². The molecule has 11 nitrogen and oxygen atoms in total. The maximum Gasteiger partial charge on any atom is 0.326 e. The Morgan fingerprint density at radius 3 is 2.24 bits per heavy atom. The lowest BCUT2D eigenvalue weighted by molar-refractivity contribution is -0.153. The fourth-order valence-corrected chi connectivity index (χ4v) is 4.57. The number of nitrogens with zero attached hydrogens (tertiary/aromatic N) is 2. The highest BCUT2D eigenvalue weighted by molar-refractivity contribution is 5.95. The molecule has 2 heterocycles. The van der Waals surface area contributed by atoms with Crippen LogP contribution in [0, 0.1) is 0 Å². The molecule has 5 atom stereocenters. The number of nitrogens with one attached hydrogen (secondary N) is 1. The zero-order valence-corrected chi connectivity index (χ0v) is 19.1. The average molecular weight is 477 g/mol. The van der Waals surface area contributed by atoms with E-state index in [1.807, 2.05) is 0 Å². The van der Waals surface area contributed by atoms with E-state index in [2.05, 4.69) is 5.32 Å². The van der Waals surface area contributed by atoms with Gasteiger partial charge in [-0.3, -0.25) is 14.4 Å². The highest BCUT2D eigenvalue weighted by atomic mass is 16.4. The first-order valence-corrected chi connectivity index (χ1v) is 11.5. The number of likely N-dealkylation sites (tertiary alicyclic amines) is 2. The van der Waals surface area contributed by atoms with Crippen molar-refractivity contribution in [2.24, 2.45) is 5.73 Å². The highest BCUT2D eigenvalue weighted by Gasteiger charge is 2.44. The van der Waals surface area contributed by atoms with Gasteiger partial charge >= 0.3 is 5.97 Å². The minimum Gasteiger partial charge on any atom is -0.508 e. The number of hydrogen-bond acceptors (Lipinski definition) is 7. The molecule has 2 saturated heterocycles. The number of phenols is 1. The summed E-state index contributed by atoms with van der Waals surface area (Å²) in [6.07, 6.45) is 0.792. The topological polar surface area (TPSA) is 174 Å². The number of aromatic hydroxyl groups is 1. The summed E-state index contributed by atoms with van der Waals surface area (Å²) in [7, 11) is 0. The third kappa shape index (κ3) is 5.65. The molecule has 6 N–H and O–H groups in total. The van der Waals surface area contributed by atoms with E-state index in [4.69, 9.17) is 5.73 Å². The van der Waals surface area contributed by atoms with Crippen molar-refractivity contribution in [3.05, 3.63) is 29.8 Å². The van der Waals surface area contributed by atoms with E-state index in [-0.39, 0.29) is 18.7 Å². The number of amides is 3. The van der Waals surface area contributed by atoms with Crippen molar-refractivity contribution in [2.75, 3.05) is 13.1 Å². The SMILES string of the molecule is CC(O)C(NC(=O)C(N)Cc1ccc(O)cc1)C(=O)N1CCCC1C(=O)N1CCCC1C(=O)O. The van der Waals surface area contributed by atoms with Crippen molar-refractivity contribution in [3.8, 4) is 5.75 Å². The maximum atomic E-state index is 13.3. The summed E-state index contributed by atoms with van der Waals surface area (Å²) in [5.74, 6) is -2.66. The molecule has 0 spiro atoms. The Morgan fingerprint density at radius 2 is 1.65 bits per heavy atom. The largest absolute Gasteiger partial charge is 0.508 e. The number of carbonyl (C=O) groups is 4. The van der Waals surface area contributed by atoms with Crippen LogP contribution in [0.25, 0.3) is 0 Å². The molecule has 11 heteroatoms. The second kappa shape index (κ2) is 10.8. The third-order valence-electron chi connectivity index (χ3n) is 6.42. The zero-order chi connectivity index (χ0) is 25.0. The molecule has 5 unspecified atom stereocenters. The number of benzene rings is 1. The second-order valence-corrected chi connectivity index (χ2v) is 8.92. The molecule has 1 aromatic rings. The van der Waals surface area contributed by atoms with Crippen molar-refractivity contribution >= 4 is 23.7 Å². The molecule has 0 radical (unpaired) electrons. The predicted molar refractivity (Wildman–Crippen MR) is 121 cm³/mol. The Kier molecular flexibility index (Phi) is 8.11. The van der Waals surface area contributed by atoms with E-state index in [1.165, 1.54) is 28.9 Å². The Bertz CT molecular complexity index is 920. The summed E-state index contributed by atoms with van der Waals surface area (Å²) in [6.45, 7) is 1.94. The zero-order valence-electron chi connectivity index (χ0n) is 19.1. The van der Waals surface area contributed by atoms with E-state index in [1.54, 1.807) is 12.1 Å². The standard InChI is InChI=1S/C23H32N4O7/c1-13(28)19(25-20(30)16(24)12-14-6-8-15(29)9-7-14)22(32)26-10-2-4-17(26)21(31)27-11-3-5-18(27)23(33)34/h6-9,13,16-19,28-29H,2-5,10-12,24H2,1H3,(H,25,30)(H,33,34). The number of phenolic OH excluding ortho intramolecular Hbond substituents is 1. The summed E-state index contributed by atoms with van der Waals surface area (Å²) in [6, 6.07) is 2.15. The van der Waals surface area contributed by atoms with Gasteiger partial charge < -0.3 is 36.2 Å². The molecule has 0 bridgehead atoms. The van der Waals surface area contributed by atoms with E-state index in [0.29, 0.717) is 37.8 Å². The van der Waals surface area contributed by atoms with Gasteiger partial charge in [-0.15, -0.1) is 0 Å². The van der Waals surface area contributed by atoms with Gasteiger partial charge in [-0.1, -0.05) is 12.1 Å². The second-order valence-electron chi connectivity index (χ2n) is 8.92. The number of carboxylic acid groups (broad SMARTS) is 1. The van der Waals surface area contributed by atoms with E-state index in [0.717, 1.165) is 0 Å². The number of carboxylic acids is 1. The molecule has 1 aromatic carbocycles. The number of carbonyl (C=O) groups excluding carboxylic acids is 3. The van der Waals surface area contributed by atoms with Crippen LogP contribution in [0.4, 0.5) is 0 Å². The van der Waals surface area contributed by atoms with Crippen LogP contribution in [-0.4, -0.2) is 92.2 Å². The van der Waals surface area contributed by atoms with Crippen LogP contribution in [0.15, 0.2) is 24.3 Å². The van der Waals surface area contributed by atoms with Crippen LogP contribution in [0.2, 0.25) is 0 Å². The number of rotatable bonds is 8. The third-order valence-corrected chi connectivity index (χ3v) is 6.42. The number of aliphatic hydroxyl groups is 1. The number of nitrogens with two attached hydrogens (primary N) is 1. The van der Waals surface area contributed by atoms with Crippen LogP contribution in [-0.2, 0) is 25.6 Å². The summed E-state index contributed by atoms with van der Waals surface area (Å²) < 4.78 is 0. The van der Waals surface area contributed by atoms with Gasteiger partial charge in [-0.05, 0) is 56.7 Å². The minimum absolute atomic E-state index is 0.0832. The highest BCUT2D eigenvalue weighted by Crippen LogP contribution is 2.26. The quantitative estimate of drug-likeness (QED) is 0.324. The summed E-state index contributed by atoms with van der Waals surface area (Å²) in [5.41, 5.74) is 6.71. The van der Waals surface area contributed by atoms with Crippen LogP contribution in [0.3, 0.4) is 0 Å². The molecule has 0 aliphatic carbocycles. The molecule has 34 heavy (non-hydrogen) atoms. The lowest BCUT2D eigenvalue weighted by Crippen LogP contribution is -2.59. The van der Waals surface area contributed by atoms with Crippen molar-refractivity contribution in [3.63, 3.8) is 0 Å². The summed E-state index contributed by atoms with van der Waals surface area (Å²) in [5, 5.41) is 31.5. The van der Waals surface area contributed by atoms with E-state index in [9.17, 15) is 34.5 Å². The van der Waals surface area contributed by atoms with Crippen molar-refractivity contribution in [1.29, 1.82) is 0 Å². The van der Waals surface area contributed by atoms with Gasteiger partial charge in [0.05, 0.1) is 12.1 Å². The maximum absolute atomic E-state index is 13.3. The first-order valence-electron chi connectivity index (χ1n) is 11.5. The van der Waals surface area contributed by atoms with Gasteiger partial charge in [0.25, 0.3) is 0 Å². The van der Waals surface area contributed by atoms with Gasteiger partial charge in [0.1, 0.15) is 23.9 Å². The normalized spacial score (nSPS) is 22.8. The number of hydrogen-bond donors (Lipinski definition) is 5. The Hall–Kier alpha value is -3.18. The summed E-state index contributed by atoms with van der Waals surface area (Å²) in [4.78, 5) is 53.2. The first kappa shape index (κ1) is 25.4. The van der Waals surface area contributed by atoms with E-state index < -0.39 is 54.0 Å². The van der Waals surface area contributed by atoms with E-state index >= 15 is 0 Å². The summed E-state index contributed by atoms with van der Waals surface area (Å²) >= 11 is 0. The lowest BCUT2D eigenvalue weighted by Gasteiger charge is -2.33. The number of aliphatic carboxylic acids is 1. The Balaban J connectivity index is 1.68. The van der Waals surface area contributed by atoms with Crippen LogP contribution in [0.1, 0.15) is 38.2 Å². The fourth-order valence-electron chi connectivity index (χ4n) is 4.57. The van der Waals surface area contributed by atoms with Crippen molar-refractivity contribution in [1.82, 2.24) is 15.1 Å². The van der Waals surface area contributed by atoms with Crippen LogP contribution >= 0.6 is 0 Å². The van der Waals surface area contributed by atoms with Crippen LogP contribution in [0.5, 0.6) is 5.75 Å². The molecule has 2 fully saturated rings. The average Bonchev–Trinajstić information content (AvgIpc) is 3.47. The van der Waals surface area contributed by atoms with Gasteiger partial charge in [0.2, 0.25) is 17.7 Å². The molecule has 186 valence electrons.